The zero-order valence-corrected chi connectivity index (χ0v) is 19.0. The van der Waals surface area contributed by atoms with Gasteiger partial charge in [0.25, 0.3) is 0 Å². The minimum Gasteiger partial charge on any atom is -0.378 e. The molecule has 1 aromatic heterocycles. The molecule has 3 heterocycles. The van der Waals surface area contributed by atoms with Gasteiger partial charge in [0.2, 0.25) is 11.9 Å². The second-order valence-corrected chi connectivity index (χ2v) is 9.97. The Kier molecular flexibility index (Phi) is 6.18. The number of hydrogen-bond acceptors (Lipinski definition) is 6. The second kappa shape index (κ2) is 9.20. The molecule has 1 aromatic carbocycles. The number of rotatable bonds is 6. The van der Waals surface area contributed by atoms with Crippen LogP contribution in [0.4, 0.5) is 5.95 Å². The van der Waals surface area contributed by atoms with Crippen molar-refractivity contribution >= 4 is 23.6 Å². The second-order valence-electron chi connectivity index (χ2n) is 8.90. The molecule has 5 rings (SSSR count). The van der Waals surface area contributed by atoms with Crippen molar-refractivity contribution in [3.63, 3.8) is 0 Å². The van der Waals surface area contributed by atoms with Gasteiger partial charge in [-0.05, 0) is 37.2 Å². The quantitative estimate of drug-likeness (QED) is 0.639. The number of ether oxygens (including phenoxy) is 1. The molecule has 1 aliphatic carbocycles. The molecule has 0 radical (unpaired) electrons. The maximum Gasteiger partial charge on any atom is 0.240 e. The molecule has 3 aliphatic rings. The Bertz CT molecular complexity index is 887. The highest BCUT2D eigenvalue weighted by Gasteiger charge is 2.36. The molecule has 0 bridgehead atoms. The number of carbonyl (C=O) groups is 1. The van der Waals surface area contributed by atoms with E-state index in [-0.39, 0.29) is 11.2 Å². The third kappa shape index (κ3) is 4.60. The molecule has 1 unspecified atom stereocenters. The number of hydrogen-bond donors (Lipinski definition) is 0. The lowest BCUT2D eigenvalue weighted by Crippen LogP contribution is -2.42. The molecule has 1 saturated carbocycles. The summed E-state index contributed by atoms with van der Waals surface area (Å²) in [6.07, 6.45) is 4.72. The lowest BCUT2D eigenvalue weighted by Gasteiger charge is -2.31. The minimum atomic E-state index is -0.324. The minimum absolute atomic E-state index is 0.137. The highest BCUT2D eigenvalue weighted by Crippen LogP contribution is 2.45. The average molecular weight is 442 g/mol. The Morgan fingerprint density at radius 1 is 1.03 bits per heavy atom. The zero-order chi connectivity index (χ0) is 21.2. The summed E-state index contributed by atoms with van der Waals surface area (Å²) >= 11 is 1.55. The van der Waals surface area contributed by atoms with E-state index in [4.69, 9.17) is 4.74 Å². The fourth-order valence-electron chi connectivity index (χ4n) is 4.37. The summed E-state index contributed by atoms with van der Waals surface area (Å²) in [4.78, 5) is 17.8. The van der Waals surface area contributed by atoms with E-state index in [0.717, 1.165) is 48.5 Å². The number of nitrogens with zero attached hydrogens (tertiary/aromatic N) is 5. The Hall–Kier alpha value is -2.06. The third-order valence-corrected chi connectivity index (χ3v) is 7.70. The van der Waals surface area contributed by atoms with Crippen LogP contribution in [0.2, 0.25) is 0 Å². The molecule has 0 spiro atoms. The lowest BCUT2D eigenvalue weighted by atomic mass is 10.00. The van der Waals surface area contributed by atoms with Crippen LogP contribution in [0.5, 0.6) is 0 Å². The van der Waals surface area contributed by atoms with Crippen molar-refractivity contribution in [3.05, 3.63) is 35.9 Å². The normalized spacial score (nSPS) is 21.3. The monoisotopic (exact) mass is 441 g/mol. The smallest absolute Gasteiger partial charge is 0.240 e. The molecule has 2 saturated heterocycles. The maximum absolute atomic E-state index is 13.5. The third-order valence-electron chi connectivity index (χ3n) is 6.50. The first-order valence-corrected chi connectivity index (χ1v) is 12.4. The molecule has 8 heteroatoms. The van der Waals surface area contributed by atoms with Crippen LogP contribution in [-0.2, 0) is 9.53 Å². The summed E-state index contributed by atoms with van der Waals surface area (Å²) < 4.78 is 7.77. The summed E-state index contributed by atoms with van der Waals surface area (Å²) in [7, 11) is 0. The van der Waals surface area contributed by atoms with Crippen LogP contribution in [0.25, 0.3) is 0 Å². The molecular weight excluding hydrogens is 410 g/mol. The van der Waals surface area contributed by atoms with E-state index >= 15 is 0 Å². The van der Waals surface area contributed by atoms with E-state index in [1.54, 1.807) is 11.8 Å². The van der Waals surface area contributed by atoms with E-state index < -0.39 is 0 Å². The molecule has 0 N–H and O–H groups in total. The van der Waals surface area contributed by atoms with E-state index in [0.29, 0.717) is 32.3 Å². The summed E-state index contributed by atoms with van der Waals surface area (Å²) in [5.41, 5.74) is 1.02. The summed E-state index contributed by atoms with van der Waals surface area (Å²) in [5, 5.41) is 9.76. The Labute approximate surface area is 188 Å². The van der Waals surface area contributed by atoms with Crippen LogP contribution in [0.15, 0.2) is 35.5 Å². The average Bonchev–Trinajstić information content (AvgIpc) is 3.58. The summed E-state index contributed by atoms with van der Waals surface area (Å²) in [5.74, 6) is 1.90. The largest absolute Gasteiger partial charge is 0.378 e. The number of piperidine rings is 1. The van der Waals surface area contributed by atoms with E-state index in [1.165, 1.54) is 12.8 Å². The molecule has 2 aliphatic heterocycles. The molecule has 3 fully saturated rings. The molecule has 1 atom stereocenters. The van der Waals surface area contributed by atoms with Crippen molar-refractivity contribution in [2.75, 3.05) is 44.3 Å². The van der Waals surface area contributed by atoms with Gasteiger partial charge in [-0.1, -0.05) is 49.0 Å². The van der Waals surface area contributed by atoms with Gasteiger partial charge in [-0.15, -0.1) is 10.2 Å². The number of carbonyl (C=O) groups excluding carboxylic acids is 1. The van der Waals surface area contributed by atoms with E-state index in [2.05, 4.69) is 26.6 Å². The molecule has 166 valence electrons. The number of amides is 1. The van der Waals surface area contributed by atoms with Gasteiger partial charge in [-0.2, -0.15) is 0 Å². The van der Waals surface area contributed by atoms with Gasteiger partial charge in [-0.3, -0.25) is 9.36 Å². The molecule has 31 heavy (non-hydrogen) atoms. The predicted molar refractivity (Wildman–Crippen MR) is 121 cm³/mol. The number of benzene rings is 1. The summed E-state index contributed by atoms with van der Waals surface area (Å²) in [6, 6.07) is 10.5. The first-order valence-electron chi connectivity index (χ1n) is 11.5. The standard InChI is InChI=1S/C23H31N5O2S/c1-17-9-11-27(12-10-17)22-24-25-23(28(22)19-7-8-19)31-20(18-5-3-2-4-6-18)21(29)26-13-15-30-16-14-26/h2-6,17,19-20H,7-16H2,1H3. The number of aromatic nitrogens is 3. The highest BCUT2D eigenvalue weighted by molar-refractivity contribution is 8.00. The molecule has 2 aromatic rings. The fraction of sp³-hybridized carbons (Fsp3) is 0.609. The molecular formula is C23H31N5O2S. The Morgan fingerprint density at radius 2 is 1.74 bits per heavy atom. The molecule has 1 amide bonds. The number of anilines is 1. The van der Waals surface area contributed by atoms with Gasteiger partial charge in [0, 0.05) is 32.2 Å². The van der Waals surface area contributed by atoms with Gasteiger partial charge in [-0.25, -0.2) is 0 Å². The van der Waals surface area contributed by atoms with Crippen LogP contribution < -0.4 is 4.90 Å². The van der Waals surface area contributed by atoms with Crippen LogP contribution >= 0.6 is 11.8 Å². The van der Waals surface area contributed by atoms with Crippen molar-refractivity contribution in [1.82, 2.24) is 19.7 Å². The summed E-state index contributed by atoms with van der Waals surface area (Å²) in [6.45, 7) is 6.90. The lowest BCUT2D eigenvalue weighted by molar-refractivity contribution is -0.134. The SMILES string of the molecule is CC1CCN(c2nnc(SC(C(=O)N3CCOCC3)c3ccccc3)n2C2CC2)CC1. The van der Waals surface area contributed by atoms with Crippen molar-refractivity contribution < 1.29 is 9.53 Å². The van der Waals surface area contributed by atoms with Crippen LogP contribution in [-0.4, -0.2) is 65.0 Å². The van der Waals surface area contributed by atoms with Gasteiger partial charge in [0.1, 0.15) is 5.25 Å². The Balaban J connectivity index is 1.43. The number of thioether (sulfide) groups is 1. The first kappa shape index (κ1) is 20.8. The predicted octanol–water partition coefficient (Wildman–Crippen LogP) is 3.54. The van der Waals surface area contributed by atoms with Crippen LogP contribution in [0.3, 0.4) is 0 Å². The van der Waals surface area contributed by atoms with Gasteiger partial charge < -0.3 is 14.5 Å². The zero-order valence-electron chi connectivity index (χ0n) is 18.2. The fourth-order valence-corrected chi connectivity index (χ4v) is 5.56. The van der Waals surface area contributed by atoms with Crippen molar-refractivity contribution in [2.45, 2.75) is 49.1 Å². The first-order chi connectivity index (χ1) is 15.2. The van der Waals surface area contributed by atoms with Crippen LogP contribution in [0.1, 0.15) is 49.5 Å². The van der Waals surface area contributed by atoms with Gasteiger partial charge in [0.05, 0.1) is 13.2 Å². The van der Waals surface area contributed by atoms with Crippen molar-refractivity contribution in [2.24, 2.45) is 5.92 Å². The van der Waals surface area contributed by atoms with Gasteiger partial charge >= 0.3 is 0 Å². The molecule has 7 nitrogen and oxygen atoms in total. The van der Waals surface area contributed by atoms with E-state index in [9.17, 15) is 4.79 Å². The van der Waals surface area contributed by atoms with Crippen LogP contribution in [0, 0.1) is 5.92 Å². The maximum atomic E-state index is 13.5. The van der Waals surface area contributed by atoms with Crippen molar-refractivity contribution in [3.8, 4) is 0 Å². The topological polar surface area (TPSA) is 63.5 Å². The van der Waals surface area contributed by atoms with Gasteiger partial charge in [0.15, 0.2) is 5.16 Å². The van der Waals surface area contributed by atoms with Crippen molar-refractivity contribution in [1.29, 1.82) is 0 Å². The Morgan fingerprint density at radius 3 is 2.42 bits per heavy atom. The number of morpholine rings is 1. The van der Waals surface area contributed by atoms with E-state index in [1.807, 2.05) is 35.2 Å². The highest BCUT2D eigenvalue weighted by atomic mass is 32.2.